The molecule has 2 aromatic rings. The van der Waals surface area contributed by atoms with Crippen molar-refractivity contribution in [3.05, 3.63) is 28.3 Å². The summed E-state index contributed by atoms with van der Waals surface area (Å²) in [5, 5.41) is 7.37. The first-order valence-electron chi connectivity index (χ1n) is 6.82. The van der Waals surface area contributed by atoms with Crippen molar-refractivity contribution in [2.45, 2.75) is 32.3 Å². The Bertz CT molecular complexity index is 705. The molecule has 0 saturated heterocycles. The van der Waals surface area contributed by atoms with Crippen LogP contribution < -0.4 is 0 Å². The molecule has 22 heavy (non-hydrogen) atoms. The fraction of sp³-hybridized carbons (Fsp3) is 0.429. The number of carbonyl (C=O) groups excluding carboxylic acids is 2. The Kier molecular flexibility index (Phi) is 5.02. The Morgan fingerprint density at radius 1 is 1.32 bits per heavy atom. The quantitative estimate of drug-likeness (QED) is 0.480. The van der Waals surface area contributed by atoms with Crippen molar-refractivity contribution in [1.29, 1.82) is 0 Å². The molecule has 2 N–H and O–H groups in total. The van der Waals surface area contributed by atoms with Crippen LogP contribution in [0.4, 0.5) is 0 Å². The zero-order valence-electron chi connectivity index (χ0n) is 12.9. The number of Topliss-reactive ketones (excluding diaryl/α,β-unsaturated/α-hetero) is 1. The number of thioether (sulfide) groups is 1. The first kappa shape index (κ1) is 16.3. The molecule has 0 unspecified atom stereocenters. The van der Waals surface area contributed by atoms with Crippen LogP contribution in [0.3, 0.4) is 0 Å². The molecule has 118 valence electrons. The SMILES string of the molecule is CCc1nc(SCC(=O)c2[nH]c(C)c(C(=O)OC)c2C)n[nH]1. The molecule has 0 atom stereocenters. The molecule has 7 nitrogen and oxygen atoms in total. The second-order valence-electron chi connectivity index (χ2n) is 4.75. The summed E-state index contributed by atoms with van der Waals surface area (Å²) in [5.74, 6) is 0.431. The van der Waals surface area contributed by atoms with Gasteiger partial charge in [0, 0.05) is 12.1 Å². The number of H-pyrrole nitrogens is 2. The van der Waals surface area contributed by atoms with Crippen LogP contribution in [0.25, 0.3) is 0 Å². The van der Waals surface area contributed by atoms with E-state index >= 15 is 0 Å². The average molecular weight is 322 g/mol. The maximum Gasteiger partial charge on any atom is 0.339 e. The zero-order chi connectivity index (χ0) is 16.3. The van der Waals surface area contributed by atoms with E-state index in [1.807, 2.05) is 6.92 Å². The van der Waals surface area contributed by atoms with E-state index in [9.17, 15) is 9.59 Å². The summed E-state index contributed by atoms with van der Waals surface area (Å²) in [7, 11) is 1.32. The van der Waals surface area contributed by atoms with Crippen molar-refractivity contribution in [3.8, 4) is 0 Å². The third-order valence-electron chi connectivity index (χ3n) is 3.28. The van der Waals surface area contributed by atoms with Gasteiger partial charge in [-0.3, -0.25) is 9.89 Å². The first-order chi connectivity index (χ1) is 10.5. The van der Waals surface area contributed by atoms with Crippen molar-refractivity contribution in [2.24, 2.45) is 0 Å². The van der Waals surface area contributed by atoms with E-state index in [-0.39, 0.29) is 11.5 Å². The van der Waals surface area contributed by atoms with E-state index < -0.39 is 5.97 Å². The number of hydrogen-bond acceptors (Lipinski definition) is 6. The van der Waals surface area contributed by atoms with E-state index in [1.54, 1.807) is 13.8 Å². The number of esters is 1. The lowest BCUT2D eigenvalue weighted by Crippen LogP contribution is -2.07. The summed E-state index contributed by atoms with van der Waals surface area (Å²) in [6.45, 7) is 5.45. The van der Waals surface area contributed by atoms with Gasteiger partial charge in [-0.25, -0.2) is 9.78 Å². The van der Waals surface area contributed by atoms with Crippen molar-refractivity contribution >= 4 is 23.5 Å². The fourth-order valence-electron chi connectivity index (χ4n) is 2.14. The summed E-state index contributed by atoms with van der Waals surface area (Å²) >= 11 is 1.26. The predicted molar refractivity (Wildman–Crippen MR) is 82.4 cm³/mol. The number of hydrogen-bond donors (Lipinski definition) is 2. The van der Waals surface area contributed by atoms with Crippen LogP contribution in [0.2, 0.25) is 0 Å². The second kappa shape index (κ2) is 6.78. The predicted octanol–water partition coefficient (Wildman–Crippen LogP) is 2.07. The summed E-state index contributed by atoms with van der Waals surface area (Å²) in [4.78, 5) is 31.3. The maximum absolute atomic E-state index is 12.3. The van der Waals surface area contributed by atoms with Crippen LogP contribution in [-0.4, -0.2) is 44.8 Å². The van der Waals surface area contributed by atoms with E-state index in [0.717, 1.165) is 12.2 Å². The molecule has 0 fully saturated rings. The van der Waals surface area contributed by atoms with Crippen LogP contribution in [0, 0.1) is 13.8 Å². The molecule has 0 aliphatic rings. The highest BCUT2D eigenvalue weighted by Gasteiger charge is 2.22. The Balaban J connectivity index is 2.11. The van der Waals surface area contributed by atoms with Gasteiger partial charge in [-0.15, -0.1) is 5.10 Å². The highest BCUT2D eigenvalue weighted by molar-refractivity contribution is 7.99. The van der Waals surface area contributed by atoms with Gasteiger partial charge in [-0.2, -0.15) is 0 Å². The summed E-state index contributed by atoms with van der Waals surface area (Å²) in [6.07, 6.45) is 0.763. The minimum Gasteiger partial charge on any atom is -0.465 e. The van der Waals surface area contributed by atoms with E-state index in [0.29, 0.717) is 27.7 Å². The number of aromatic amines is 2. The summed E-state index contributed by atoms with van der Waals surface area (Å²) in [6, 6.07) is 0. The van der Waals surface area contributed by atoms with E-state index in [4.69, 9.17) is 4.74 Å². The van der Waals surface area contributed by atoms with Gasteiger partial charge in [0.1, 0.15) is 5.82 Å². The van der Waals surface area contributed by atoms with Crippen LogP contribution in [-0.2, 0) is 11.2 Å². The number of ketones is 1. The number of carbonyl (C=O) groups is 2. The normalized spacial score (nSPS) is 10.7. The smallest absolute Gasteiger partial charge is 0.339 e. The number of aromatic nitrogens is 4. The largest absolute Gasteiger partial charge is 0.465 e. The summed E-state index contributed by atoms with van der Waals surface area (Å²) < 4.78 is 4.74. The number of methoxy groups -OCH3 is 1. The molecule has 0 spiro atoms. The minimum atomic E-state index is -0.445. The highest BCUT2D eigenvalue weighted by Crippen LogP contribution is 2.21. The molecule has 2 rings (SSSR count). The molecule has 2 heterocycles. The van der Waals surface area contributed by atoms with Crippen molar-refractivity contribution < 1.29 is 14.3 Å². The highest BCUT2D eigenvalue weighted by atomic mass is 32.2. The Morgan fingerprint density at radius 3 is 2.64 bits per heavy atom. The third kappa shape index (κ3) is 3.22. The van der Waals surface area contributed by atoms with Gasteiger partial charge in [0.25, 0.3) is 0 Å². The monoisotopic (exact) mass is 322 g/mol. The van der Waals surface area contributed by atoms with Gasteiger partial charge in [0.05, 0.1) is 24.1 Å². The number of rotatable bonds is 6. The molecule has 0 radical (unpaired) electrons. The summed E-state index contributed by atoms with van der Waals surface area (Å²) in [5.41, 5.74) is 2.08. The molecule has 0 bridgehead atoms. The molecular formula is C14H18N4O3S. The lowest BCUT2D eigenvalue weighted by atomic mass is 10.1. The molecule has 8 heteroatoms. The lowest BCUT2D eigenvalue weighted by Gasteiger charge is -2.00. The molecule has 0 aromatic carbocycles. The van der Waals surface area contributed by atoms with Gasteiger partial charge in [-0.05, 0) is 19.4 Å². The molecule has 0 aliphatic heterocycles. The van der Waals surface area contributed by atoms with Gasteiger partial charge >= 0.3 is 5.97 Å². The lowest BCUT2D eigenvalue weighted by molar-refractivity contribution is 0.0599. The third-order valence-corrected chi connectivity index (χ3v) is 4.13. The van der Waals surface area contributed by atoms with Crippen LogP contribution in [0.15, 0.2) is 5.16 Å². The van der Waals surface area contributed by atoms with Crippen molar-refractivity contribution in [2.75, 3.05) is 12.9 Å². The van der Waals surface area contributed by atoms with E-state index in [2.05, 4.69) is 20.2 Å². The molecular weight excluding hydrogens is 304 g/mol. The van der Waals surface area contributed by atoms with Crippen LogP contribution in [0.5, 0.6) is 0 Å². The minimum absolute atomic E-state index is 0.108. The topological polar surface area (TPSA) is 101 Å². The van der Waals surface area contributed by atoms with Gasteiger partial charge in [-0.1, -0.05) is 18.7 Å². The second-order valence-corrected chi connectivity index (χ2v) is 5.69. The average Bonchev–Trinajstić information content (AvgIpc) is 3.08. The first-order valence-corrected chi connectivity index (χ1v) is 7.81. The number of nitrogens with one attached hydrogen (secondary N) is 2. The standard InChI is InChI=1S/C14H18N4O3S/c1-5-10-16-14(18-17-10)22-6-9(19)12-7(2)11(8(3)15-12)13(20)21-4/h15H,5-6H2,1-4H3,(H,16,17,18). The van der Waals surface area contributed by atoms with Gasteiger partial charge in [0.2, 0.25) is 5.16 Å². The maximum atomic E-state index is 12.3. The molecule has 0 amide bonds. The number of aryl methyl sites for hydroxylation is 2. The van der Waals surface area contributed by atoms with Crippen molar-refractivity contribution in [3.63, 3.8) is 0 Å². The van der Waals surface area contributed by atoms with Gasteiger partial charge in [0.15, 0.2) is 5.78 Å². The number of ether oxygens (including phenoxy) is 1. The Labute approximate surface area is 132 Å². The molecule has 0 saturated carbocycles. The number of nitrogens with zero attached hydrogens (tertiary/aromatic N) is 2. The van der Waals surface area contributed by atoms with Crippen LogP contribution in [0.1, 0.15) is 44.9 Å². The fourth-order valence-corrected chi connectivity index (χ4v) is 2.83. The van der Waals surface area contributed by atoms with E-state index in [1.165, 1.54) is 18.9 Å². The zero-order valence-corrected chi connectivity index (χ0v) is 13.8. The van der Waals surface area contributed by atoms with Gasteiger partial charge < -0.3 is 9.72 Å². The van der Waals surface area contributed by atoms with Crippen molar-refractivity contribution in [1.82, 2.24) is 20.2 Å². The Morgan fingerprint density at radius 2 is 2.05 bits per heavy atom. The Hall–Kier alpha value is -2.09. The van der Waals surface area contributed by atoms with Crippen LogP contribution >= 0.6 is 11.8 Å². The molecule has 2 aromatic heterocycles. The molecule has 0 aliphatic carbocycles.